The molecule has 21 heteroatoms. The normalized spacial score (nSPS) is 19.3. The molecule has 0 unspecified atom stereocenters. The second-order valence-electron chi connectivity index (χ2n) is 20.3. The third-order valence-corrected chi connectivity index (χ3v) is 14.7. The predicted octanol–water partition coefficient (Wildman–Crippen LogP) is 0.843. The van der Waals surface area contributed by atoms with E-state index in [0.29, 0.717) is 83.8 Å². The van der Waals surface area contributed by atoms with Gasteiger partial charge in [0, 0.05) is 25.6 Å². The van der Waals surface area contributed by atoms with Crippen LogP contribution in [0.2, 0.25) is 0 Å². The number of hydrogen-bond acceptors (Lipinski definition) is 12. The van der Waals surface area contributed by atoms with E-state index in [2.05, 4.69) is 31.6 Å². The Labute approximate surface area is 431 Å². The molecular formula is C52H88N12O9. The summed E-state index contributed by atoms with van der Waals surface area (Å²) in [7, 11) is 0. The summed E-state index contributed by atoms with van der Waals surface area (Å²) < 4.78 is 0. The maximum atomic E-state index is 14.5. The number of aliphatic hydroxyl groups excluding tert-OH is 1. The summed E-state index contributed by atoms with van der Waals surface area (Å²) in [5.74, 6) is -4.11. The van der Waals surface area contributed by atoms with E-state index in [0.717, 1.165) is 88.2 Å². The second-order valence-corrected chi connectivity index (χ2v) is 20.3. The molecule has 73 heavy (non-hydrogen) atoms. The van der Waals surface area contributed by atoms with Crippen LogP contribution in [0.15, 0.2) is 29.3 Å². The highest BCUT2D eigenvalue weighted by Crippen LogP contribution is 2.41. The fourth-order valence-electron chi connectivity index (χ4n) is 10.6. The lowest BCUT2D eigenvalue weighted by Gasteiger charge is -2.37. The number of aliphatic hydroxyl groups is 1. The largest absolute Gasteiger partial charge is 0.480 e. The quantitative estimate of drug-likeness (QED) is 0.0255. The fourth-order valence-corrected chi connectivity index (χ4v) is 10.6. The van der Waals surface area contributed by atoms with Crippen LogP contribution in [0.4, 0.5) is 0 Å². The average molecular weight is 1030 g/mol. The molecular weight excluding hydrogens is 937 g/mol. The molecule has 0 spiro atoms. The first-order chi connectivity index (χ1) is 35.2. The molecule has 8 atom stereocenters. The number of hydrogen-bond donors (Lipinski definition) is 12. The van der Waals surface area contributed by atoms with Gasteiger partial charge in [-0.1, -0.05) is 82.1 Å². The van der Waals surface area contributed by atoms with Crippen molar-refractivity contribution in [2.24, 2.45) is 45.5 Å². The number of rotatable bonds is 35. The molecule has 1 aromatic rings. The van der Waals surface area contributed by atoms with E-state index >= 15 is 0 Å². The molecule has 6 amide bonds. The lowest BCUT2D eigenvalue weighted by molar-refractivity contribution is -0.152. The maximum Gasteiger partial charge on any atom is 0.326 e. The van der Waals surface area contributed by atoms with Crippen molar-refractivity contribution in [2.45, 2.75) is 196 Å². The standard InChI is InChI=1S/C52H88N12O9/c53-26-14-12-21-38(55)46(67)61-40(22-13-15-27-54)48(69)62-39(23-17-29-59-52(56)57)47(68)58-28-16-6-4-2-1-3-5-7-25-44(66)60-41(33-65)49(70)63-45(37-30-34-18-8-9-19-35(34)31-37)50(71)64-42-24-11-10-20-36(42)32-43(64)51(72)73/h8-9,18-19,36-43,45,65H,1-7,10-17,20-33,53-55H2,(H,58,68)(H,60,66)(H,61,67)(H,62,69)(H,63,70)(H,72,73)(H4,56,57,59)/t36-,38-,39-,40-,41-,42-,43+,45+/m0/s1. The molecule has 0 bridgehead atoms. The van der Waals surface area contributed by atoms with E-state index in [1.165, 1.54) is 4.90 Å². The Balaban J connectivity index is 1.17. The average Bonchev–Trinajstić information content (AvgIpc) is 3.99. The molecule has 17 N–H and O–H groups in total. The van der Waals surface area contributed by atoms with E-state index < -0.39 is 72.5 Å². The van der Waals surface area contributed by atoms with Crippen molar-refractivity contribution in [3.63, 3.8) is 0 Å². The summed E-state index contributed by atoms with van der Waals surface area (Å²) in [6.07, 6.45) is 15.9. The Morgan fingerprint density at radius 3 is 1.88 bits per heavy atom. The Kier molecular flexibility index (Phi) is 27.0. The number of carboxylic acid groups (broad SMARTS) is 1. The molecule has 410 valence electrons. The SMILES string of the molecule is NCCCC[C@H](NC(=O)[C@@H](N)CCCCN)C(=O)N[C@@H](CCCN=C(N)N)C(=O)NCCCCCCCCCCC(=O)N[C@@H](CO)C(=O)N[C@@H](C(=O)N1[C@@H](C(=O)O)C[C@@H]2CCCC[C@@H]21)C1Cc2ccccc2C1. The number of likely N-dealkylation sites (tertiary alicyclic amines) is 1. The minimum absolute atomic E-state index is 0.0731. The summed E-state index contributed by atoms with van der Waals surface area (Å²) in [6, 6.07) is 1.79. The van der Waals surface area contributed by atoms with Gasteiger partial charge in [0.05, 0.1) is 12.6 Å². The van der Waals surface area contributed by atoms with E-state index in [9.17, 15) is 43.8 Å². The van der Waals surface area contributed by atoms with Gasteiger partial charge in [-0.2, -0.15) is 0 Å². The molecule has 1 heterocycles. The molecule has 1 aliphatic heterocycles. The van der Waals surface area contributed by atoms with Gasteiger partial charge in [0.25, 0.3) is 0 Å². The highest BCUT2D eigenvalue weighted by Gasteiger charge is 2.50. The fraction of sp³-hybridized carbons (Fsp3) is 0.731. The Bertz CT molecular complexity index is 1930. The summed E-state index contributed by atoms with van der Waals surface area (Å²) in [5, 5.41) is 34.5. The van der Waals surface area contributed by atoms with E-state index in [1.807, 2.05) is 24.3 Å². The number of nitrogens with one attached hydrogen (secondary N) is 5. The van der Waals surface area contributed by atoms with Gasteiger partial charge in [-0.05, 0) is 126 Å². The molecule has 1 saturated heterocycles. The highest BCUT2D eigenvalue weighted by molar-refractivity contribution is 5.95. The zero-order valence-electron chi connectivity index (χ0n) is 43.0. The number of carbonyl (C=O) groups is 7. The molecule has 2 fully saturated rings. The number of aliphatic imine (C=N–C) groups is 1. The minimum atomic E-state index is -1.28. The smallest absolute Gasteiger partial charge is 0.326 e. The molecule has 0 aromatic heterocycles. The molecule has 1 saturated carbocycles. The van der Waals surface area contributed by atoms with Crippen LogP contribution in [-0.4, -0.2) is 138 Å². The first-order valence-electron chi connectivity index (χ1n) is 27.1. The highest BCUT2D eigenvalue weighted by atomic mass is 16.4. The summed E-state index contributed by atoms with van der Waals surface area (Å²) in [4.78, 5) is 99.1. The zero-order chi connectivity index (χ0) is 53.1. The van der Waals surface area contributed by atoms with Crippen molar-refractivity contribution in [2.75, 3.05) is 32.8 Å². The van der Waals surface area contributed by atoms with Crippen LogP contribution in [0.5, 0.6) is 0 Å². The lowest BCUT2D eigenvalue weighted by atomic mass is 9.84. The van der Waals surface area contributed by atoms with E-state index in [1.54, 1.807) is 0 Å². The minimum Gasteiger partial charge on any atom is -0.480 e. The third kappa shape index (κ3) is 20.1. The van der Waals surface area contributed by atoms with Crippen molar-refractivity contribution in [1.29, 1.82) is 0 Å². The van der Waals surface area contributed by atoms with Gasteiger partial charge in [0.2, 0.25) is 35.4 Å². The van der Waals surface area contributed by atoms with Crippen LogP contribution in [-0.2, 0) is 46.4 Å². The number of fused-ring (bicyclic) bond motifs is 2. The van der Waals surface area contributed by atoms with Crippen LogP contribution in [0.3, 0.4) is 0 Å². The molecule has 2 aliphatic carbocycles. The van der Waals surface area contributed by atoms with Crippen LogP contribution in [0.25, 0.3) is 0 Å². The van der Waals surface area contributed by atoms with Crippen molar-refractivity contribution < 1.29 is 43.8 Å². The van der Waals surface area contributed by atoms with Gasteiger partial charge < -0.3 is 70.4 Å². The van der Waals surface area contributed by atoms with Gasteiger partial charge >= 0.3 is 5.97 Å². The van der Waals surface area contributed by atoms with Crippen molar-refractivity contribution >= 4 is 47.4 Å². The van der Waals surface area contributed by atoms with Crippen LogP contribution in [0, 0.1) is 11.8 Å². The van der Waals surface area contributed by atoms with Crippen LogP contribution >= 0.6 is 0 Å². The van der Waals surface area contributed by atoms with Crippen molar-refractivity contribution in [1.82, 2.24) is 31.5 Å². The topological polar surface area (TPSA) is 366 Å². The number of carbonyl (C=O) groups excluding carboxylic acids is 6. The molecule has 3 aliphatic rings. The number of unbranched alkanes of at least 4 members (excludes halogenated alkanes) is 9. The van der Waals surface area contributed by atoms with Crippen LogP contribution < -0.4 is 55.3 Å². The Morgan fingerprint density at radius 1 is 0.671 bits per heavy atom. The first-order valence-corrected chi connectivity index (χ1v) is 27.1. The van der Waals surface area contributed by atoms with Gasteiger partial charge in [-0.15, -0.1) is 0 Å². The number of amides is 6. The lowest BCUT2D eigenvalue weighted by Crippen LogP contribution is -2.60. The predicted molar refractivity (Wildman–Crippen MR) is 279 cm³/mol. The van der Waals surface area contributed by atoms with Gasteiger partial charge in [0.1, 0.15) is 30.2 Å². The summed E-state index contributed by atoms with van der Waals surface area (Å²) in [6.45, 7) is 0.937. The number of nitrogens with two attached hydrogens (primary N) is 5. The number of nitrogens with zero attached hydrogens (tertiary/aromatic N) is 2. The van der Waals surface area contributed by atoms with Gasteiger partial charge in [0.15, 0.2) is 5.96 Å². The molecule has 1 aromatic carbocycles. The monoisotopic (exact) mass is 1020 g/mol. The van der Waals surface area contributed by atoms with Crippen molar-refractivity contribution in [3.8, 4) is 0 Å². The number of benzene rings is 1. The summed E-state index contributed by atoms with van der Waals surface area (Å²) in [5.41, 5.74) is 30.4. The Morgan fingerprint density at radius 2 is 1.25 bits per heavy atom. The number of carboxylic acids is 1. The molecule has 21 nitrogen and oxygen atoms in total. The third-order valence-electron chi connectivity index (χ3n) is 14.7. The van der Waals surface area contributed by atoms with E-state index in [4.69, 9.17) is 28.7 Å². The molecule has 4 rings (SSSR count). The second kappa shape index (κ2) is 32.7. The number of guanidine groups is 1. The summed E-state index contributed by atoms with van der Waals surface area (Å²) >= 11 is 0. The number of aliphatic carboxylic acids is 1. The zero-order valence-corrected chi connectivity index (χ0v) is 43.0. The van der Waals surface area contributed by atoms with Gasteiger partial charge in [-0.25, -0.2) is 4.79 Å². The first kappa shape index (κ1) is 60.2. The van der Waals surface area contributed by atoms with E-state index in [-0.39, 0.29) is 55.0 Å². The van der Waals surface area contributed by atoms with Gasteiger partial charge in [-0.3, -0.25) is 33.8 Å². The van der Waals surface area contributed by atoms with Crippen molar-refractivity contribution in [3.05, 3.63) is 35.4 Å². The maximum absolute atomic E-state index is 14.5. The Hall–Kier alpha value is -5.38. The molecule has 0 radical (unpaired) electrons. The van der Waals surface area contributed by atoms with Crippen LogP contribution in [0.1, 0.15) is 152 Å².